The predicted octanol–water partition coefficient (Wildman–Crippen LogP) is 4.55. The number of rotatable bonds is 11. The van der Waals surface area contributed by atoms with Gasteiger partial charge in [-0.1, -0.05) is 19.9 Å². The summed E-state index contributed by atoms with van der Waals surface area (Å²) in [5, 5.41) is 18.7. The van der Waals surface area contributed by atoms with Gasteiger partial charge in [-0.2, -0.15) is 0 Å². The van der Waals surface area contributed by atoms with Crippen molar-refractivity contribution >= 4 is 40.7 Å². The fraction of sp³-hybridized carbons (Fsp3) is 0.323. The molecule has 0 spiro atoms. The van der Waals surface area contributed by atoms with Gasteiger partial charge in [0.25, 0.3) is 17.7 Å². The maximum absolute atomic E-state index is 13.3. The maximum Gasteiger partial charge on any atom is 0.256 e. The van der Waals surface area contributed by atoms with E-state index in [2.05, 4.69) is 39.7 Å². The fourth-order valence-electron chi connectivity index (χ4n) is 5.08. The van der Waals surface area contributed by atoms with Gasteiger partial charge in [0, 0.05) is 46.5 Å². The molecule has 10 nitrogen and oxygen atoms in total. The fourth-order valence-corrected chi connectivity index (χ4v) is 5.08. The molecule has 10 heteroatoms. The Morgan fingerprint density at radius 2 is 1.85 bits per heavy atom. The summed E-state index contributed by atoms with van der Waals surface area (Å²) in [4.78, 5) is 44.9. The lowest BCUT2D eigenvalue weighted by Gasteiger charge is -2.17. The number of H-pyrrole nitrogens is 1. The van der Waals surface area contributed by atoms with Crippen LogP contribution in [-0.4, -0.2) is 66.0 Å². The summed E-state index contributed by atoms with van der Waals surface area (Å²) >= 11 is 0. The van der Waals surface area contributed by atoms with Crippen LogP contribution in [0.4, 0.5) is 11.4 Å². The van der Waals surface area contributed by atoms with E-state index < -0.39 is 5.91 Å². The van der Waals surface area contributed by atoms with Gasteiger partial charge in [0.1, 0.15) is 0 Å². The number of anilines is 2. The molecule has 41 heavy (non-hydrogen) atoms. The average Bonchev–Trinajstić information content (AvgIpc) is 3.42. The minimum Gasteiger partial charge on any atom is -0.504 e. The molecule has 0 aliphatic carbocycles. The number of aromatic nitrogens is 1. The van der Waals surface area contributed by atoms with Crippen molar-refractivity contribution in [3.63, 3.8) is 0 Å². The number of nitrogens with one attached hydrogen (secondary N) is 4. The molecule has 4 rings (SSSR count). The summed E-state index contributed by atoms with van der Waals surface area (Å²) in [5.74, 6) is -0.788. The molecule has 0 radical (unpaired) electrons. The predicted molar refractivity (Wildman–Crippen MR) is 161 cm³/mol. The monoisotopic (exact) mass is 559 g/mol. The van der Waals surface area contributed by atoms with Crippen molar-refractivity contribution in [3.05, 3.63) is 70.0 Å². The molecule has 5 N–H and O–H groups in total. The van der Waals surface area contributed by atoms with E-state index in [1.54, 1.807) is 36.4 Å². The number of carbonyl (C=O) groups excluding carboxylic acids is 3. The number of phenols is 1. The Morgan fingerprint density at radius 3 is 2.54 bits per heavy atom. The van der Waals surface area contributed by atoms with E-state index >= 15 is 0 Å². The van der Waals surface area contributed by atoms with Crippen LogP contribution >= 0.6 is 0 Å². The van der Waals surface area contributed by atoms with E-state index in [4.69, 9.17) is 4.74 Å². The molecule has 1 aromatic heterocycles. The van der Waals surface area contributed by atoms with Crippen molar-refractivity contribution in [3.8, 4) is 11.5 Å². The molecule has 2 heterocycles. The molecule has 0 bridgehead atoms. The Kier molecular flexibility index (Phi) is 9.14. The number of fused-ring (bicyclic) bond motifs is 1. The molecule has 0 atom stereocenters. The molecule has 3 amide bonds. The highest BCUT2D eigenvalue weighted by Gasteiger charge is 2.30. The number of amides is 3. The van der Waals surface area contributed by atoms with Crippen LogP contribution in [0.3, 0.4) is 0 Å². The zero-order chi connectivity index (χ0) is 29.7. The van der Waals surface area contributed by atoms with Crippen molar-refractivity contribution in [1.82, 2.24) is 15.2 Å². The number of aryl methyl sites for hydroxylation is 1. The number of hydrogen-bond acceptors (Lipinski definition) is 6. The molecular weight excluding hydrogens is 522 g/mol. The highest BCUT2D eigenvalue weighted by Crippen LogP contribution is 2.37. The van der Waals surface area contributed by atoms with Crippen molar-refractivity contribution < 1.29 is 24.2 Å². The lowest BCUT2D eigenvalue weighted by Crippen LogP contribution is -2.30. The molecular formula is C31H37N5O5. The topological polar surface area (TPSA) is 136 Å². The van der Waals surface area contributed by atoms with Crippen LogP contribution < -0.4 is 20.7 Å². The Hall–Kier alpha value is -4.57. The van der Waals surface area contributed by atoms with Gasteiger partial charge in [-0.3, -0.25) is 14.4 Å². The Labute approximate surface area is 239 Å². The second-order valence-corrected chi connectivity index (χ2v) is 9.88. The first-order valence-corrected chi connectivity index (χ1v) is 13.7. The van der Waals surface area contributed by atoms with Crippen molar-refractivity contribution in [2.75, 3.05) is 43.9 Å². The van der Waals surface area contributed by atoms with Crippen LogP contribution in [0.25, 0.3) is 11.6 Å². The number of carbonyl (C=O) groups is 3. The van der Waals surface area contributed by atoms with Crippen LogP contribution in [0, 0.1) is 13.8 Å². The molecule has 216 valence electrons. The van der Waals surface area contributed by atoms with E-state index in [0.717, 1.165) is 26.1 Å². The standard InChI is InChI=1S/C31H37N5O5/c1-6-36(7-2)15-9-14-32-31(40)27-18(3)24(33-19(27)4)17-22-28-21(10-8-11-23(28)35-30(22)39)29(38)34-20-12-13-26(41-5)25(37)16-20/h8,10-13,16-17,33,37H,6-7,9,14-15H2,1-5H3,(H,32,40)(H,34,38)(H,35,39)/b22-17-. The smallest absolute Gasteiger partial charge is 0.256 e. The molecule has 3 aromatic rings. The quantitative estimate of drug-likeness (QED) is 0.173. The number of aromatic hydroxyl groups is 1. The maximum atomic E-state index is 13.3. The van der Waals surface area contributed by atoms with Crippen molar-refractivity contribution in [2.45, 2.75) is 34.1 Å². The largest absolute Gasteiger partial charge is 0.504 e. The normalized spacial score (nSPS) is 13.3. The van der Waals surface area contributed by atoms with Crippen LogP contribution in [0.2, 0.25) is 0 Å². The third kappa shape index (κ3) is 6.28. The van der Waals surface area contributed by atoms with Crippen molar-refractivity contribution in [1.29, 1.82) is 0 Å². The Balaban J connectivity index is 1.58. The number of nitrogens with zero attached hydrogens (tertiary/aromatic N) is 1. The third-order valence-electron chi connectivity index (χ3n) is 7.33. The van der Waals surface area contributed by atoms with Gasteiger partial charge >= 0.3 is 0 Å². The third-order valence-corrected chi connectivity index (χ3v) is 7.33. The van der Waals surface area contributed by atoms with Gasteiger partial charge in [0.15, 0.2) is 11.5 Å². The molecule has 0 fully saturated rings. The lowest BCUT2D eigenvalue weighted by molar-refractivity contribution is -0.110. The van der Waals surface area contributed by atoms with E-state index in [0.29, 0.717) is 51.6 Å². The first kappa shape index (κ1) is 29.4. The summed E-state index contributed by atoms with van der Waals surface area (Å²) in [7, 11) is 1.44. The van der Waals surface area contributed by atoms with Gasteiger partial charge in [-0.05, 0) is 75.8 Å². The first-order valence-electron chi connectivity index (χ1n) is 13.7. The number of phenolic OH excluding ortho intramolecular Hbond substituents is 1. The summed E-state index contributed by atoms with van der Waals surface area (Å²) in [6, 6.07) is 9.60. The number of aromatic amines is 1. The minimum atomic E-state index is -0.446. The summed E-state index contributed by atoms with van der Waals surface area (Å²) in [5.41, 5.74) is 4.51. The molecule has 0 unspecified atom stereocenters. The Bertz CT molecular complexity index is 1500. The Morgan fingerprint density at radius 1 is 1.10 bits per heavy atom. The molecule has 1 aliphatic heterocycles. The average molecular weight is 560 g/mol. The van der Waals surface area contributed by atoms with E-state index in [1.807, 2.05) is 13.8 Å². The zero-order valence-electron chi connectivity index (χ0n) is 24.1. The minimum absolute atomic E-state index is 0.109. The number of benzene rings is 2. The molecule has 2 aromatic carbocycles. The molecule has 0 saturated heterocycles. The number of ether oxygens (including phenoxy) is 1. The summed E-state index contributed by atoms with van der Waals surface area (Å²) < 4.78 is 5.06. The number of methoxy groups -OCH3 is 1. The highest BCUT2D eigenvalue weighted by molar-refractivity contribution is 6.37. The first-order chi connectivity index (χ1) is 19.7. The molecule has 1 aliphatic rings. The van der Waals surface area contributed by atoms with E-state index in [-0.39, 0.29) is 28.9 Å². The van der Waals surface area contributed by atoms with Gasteiger partial charge in [0.2, 0.25) is 0 Å². The van der Waals surface area contributed by atoms with Crippen LogP contribution in [0.1, 0.15) is 63.5 Å². The summed E-state index contributed by atoms with van der Waals surface area (Å²) in [6.45, 7) is 11.3. The van der Waals surface area contributed by atoms with Crippen molar-refractivity contribution in [2.24, 2.45) is 0 Å². The van der Waals surface area contributed by atoms with Crippen LogP contribution in [0.15, 0.2) is 36.4 Å². The molecule has 0 saturated carbocycles. The second kappa shape index (κ2) is 12.7. The highest BCUT2D eigenvalue weighted by atomic mass is 16.5. The zero-order valence-corrected chi connectivity index (χ0v) is 24.1. The van der Waals surface area contributed by atoms with Gasteiger partial charge < -0.3 is 35.7 Å². The lowest BCUT2D eigenvalue weighted by atomic mass is 9.98. The van der Waals surface area contributed by atoms with Crippen LogP contribution in [-0.2, 0) is 4.79 Å². The second-order valence-electron chi connectivity index (χ2n) is 9.88. The summed E-state index contributed by atoms with van der Waals surface area (Å²) in [6.07, 6.45) is 2.53. The van der Waals surface area contributed by atoms with E-state index in [1.165, 1.54) is 13.2 Å². The van der Waals surface area contributed by atoms with Crippen LogP contribution in [0.5, 0.6) is 11.5 Å². The van der Waals surface area contributed by atoms with Gasteiger partial charge in [-0.15, -0.1) is 0 Å². The van der Waals surface area contributed by atoms with E-state index in [9.17, 15) is 19.5 Å². The number of hydrogen-bond donors (Lipinski definition) is 5. The van der Waals surface area contributed by atoms with Gasteiger partial charge in [0.05, 0.1) is 18.2 Å². The van der Waals surface area contributed by atoms with Gasteiger partial charge in [-0.25, -0.2) is 0 Å². The SMILES string of the molecule is CCN(CC)CCCNC(=O)c1c(C)[nH]c(/C=C2\C(=O)Nc3cccc(C(=O)Nc4ccc(OC)c(O)c4)c32)c1C.